The first kappa shape index (κ1) is 34.8. The Morgan fingerprint density at radius 1 is 0.588 bits per heavy atom. The fourth-order valence-electron chi connectivity index (χ4n) is 3.18. The molecule has 12 heteroatoms. The van der Waals surface area contributed by atoms with E-state index >= 15 is 0 Å². The van der Waals surface area contributed by atoms with Crippen LogP contribution in [0.3, 0.4) is 0 Å². The molecular formula is C22H54N4O4S2Si2. The molecule has 0 aromatic rings. The Kier molecular flexibility index (Phi) is 18.6. The van der Waals surface area contributed by atoms with Crippen LogP contribution in [0.15, 0.2) is 0 Å². The maximum Gasteiger partial charge on any atom is 0.324 e. The van der Waals surface area contributed by atoms with Gasteiger partial charge in [-0.3, -0.25) is 19.6 Å². The summed E-state index contributed by atoms with van der Waals surface area (Å²) in [5.74, 6) is 1.36. The van der Waals surface area contributed by atoms with E-state index in [0.717, 1.165) is 36.4 Å². The molecule has 0 spiro atoms. The Balaban J connectivity index is 4.36. The van der Waals surface area contributed by atoms with Crippen molar-refractivity contribution in [3.8, 4) is 0 Å². The molecule has 0 N–H and O–H groups in total. The molecular weight excluding hydrogens is 505 g/mol. The molecule has 2 atom stereocenters. The Morgan fingerprint density at radius 3 is 1.12 bits per heavy atom. The average molecular weight is 559 g/mol. The molecule has 0 rings (SSSR count). The third kappa shape index (κ3) is 12.4. The van der Waals surface area contributed by atoms with Gasteiger partial charge >= 0.3 is 18.6 Å². The number of hydrogen-bond donors (Lipinski definition) is 0. The van der Waals surface area contributed by atoms with Crippen molar-refractivity contribution in [1.82, 2.24) is 19.6 Å². The topological polar surface area (TPSA) is 49.9 Å². The van der Waals surface area contributed by atoms with Crippen LogP contribution in [0.2, 0.25) is 12.1 Å². The van der Waals surface area contributed by atoms with Crippen molar-refractivity contribution < 1.29 is 17.7 Å². The van der Waals surface area contributed by atoms with E-state index in [1.165, 1.54) is 0 Å². The van der Waals surface area contributed by atoms with E-state index in [0.29, 0.717) is 13.2 Å². The summed E-state index contributed by atoms with van der Waals surface area (Å²) in [6.45, 7) is 9.75. The van der Waals surface area contributed by atoms with Gasteiger partial charge in [-0.2, -0.15) is 0 Å². The first-order valence-electron chi connectivity index (χ1n) is 12.4. The van der Waals surface area contributed by atoms with E-state index in [1.54, 1.807) is 0 Å². The van der Waals surface area contributed by atoms with Crippen LogP contribution in [0.25, 0.3) is 0 Å². The Morgan fingerprint density at radius 2 is 0.882 bits per heavy atom. The molecule has 0 aromatic heterocycles. The van der Waals surface area contributed by atoms with Crippen LogP contribution in [-0.4, -0.2) is 131 Å². The summed E-state index contributed by atoms with van der Waals surface area (Å²) in [5, 5.41) is 0. The fraction of sp³-hybridized carbons (Fsp3) is 1.00. The minimum absolute atomic E-state index is 0.438. The lowest BCUT2D eigenvalue weighted by molar-refractivity contribution is -0.157. The van der Waals surface area contributed by atoms with Crippen molar-refractivity contribution >= 4 is 40.2 Å². The summed E-state index contributed by atoms with van der Waals surface area (Å²) in [5.41, 5.74) is 0. The highest BCUT2D eigenvalue weighted by atomic mass is 33.1. The molecule has 0 fully saturated rings. The third-order valence-corrected chi connectivity index (χ3v) is 13.3. The molecule has 2 unspecified atom stereocenters. The minimum atomic E-state index is -1.74. The lowest BCUT2D eigenvalue weighted by atomic mass is 10.4. The molecule has 0 saturated carbocycles. The van der Waals surface area contributed by atoms with Gasteiger partial charge in [-0.05, 0) is 109 Å². The lowest BCUT2D eigenvalue weighted by Crippen LogP contribution is -2.57. The quantitative estimate of drug-likeness (QED) is 0.0908. The van der Waals surface area contributed by atoms with Crippen LogP contribution >= 0.6 is 21.6 Å². The van der Waals surface area contributed by atoms with Crippen LogP contribution in [-0.2, 0) is 17.7 Å². The maximum atomic E-state index is 6.49. The Labute approximate surface area is 222 Å². The van der Waals surface area contributed by atoms with E-state index in [4.69, 9.17) is 17.7 Å². The van der Waals surface area contributed by atoms with Gasteiger partial charge < -0.3 is 17.7 Å². The second kappa shape index (κ2) is 18.1. The minimum Gasteiger partial charge on any atom is -0.397 e. The SMILES string of the molecule is CCO[SiH](CCCSSCCC[SiH](OCC)OC(C)(N(C)C)N(C)C)OC(C)(N(C)C)N(C)C. The van der Waals surface area contributed by atoms with Crippen molar-refractivity contribution in [2.24, 2.45) is 0 Å². The highest BCUT2D eigenvalue weighted by Crippen LogP contribution is 2.27. The van der Waals surface area contributed by atoms with Crippen LogP contribution in [0.5, 0.6) is 0 Å². The summed E-state index contributed by atoms with van der Waals surface area (Å²) in [6.07, 6.45) is 2.24. The second-order valence-corrected chi connectivity index (χ2v) is 16.1. The lowest BCUT2D eigenvalue weighted by Gasteiger charge is -2.43. The molecule has 0 bridgehead atoms. The highest BCUT2D eigenvalue weighted by Gasteiger charge is 2.35. The molecule has 0 aliphatic carbocycles. The van der Waals surface area contributed by atoms with Crippen LogP contribution in [0.4, 0.5) is 0 Å². The largest absolute Gasteiger partial charge is 0.397 e. The zero-order valence-electron chi connectivity index (χ0n) is 24.0. The van der Waals surface area contributed by atoms with Gasteiger partial charge in [0.25, 0.3) is 0 Å². The van der Waals surface area contributed by atoms with E-state index in [-0.39, 0.29) is 0 Å². The zero-order chi connectivity index (χ0) is 26.4. The van der Waals surface area contributed by atoms with Crippen molar-refractivity contribution in [1.29, 1.82) is 0 Å². The van der Waals surface area contributed by atoms with Gasteiger partial charge in [0.15, 0.2) is 11.7 Å². The van der Waals surface area contributed by atoms with Gasteiger partial charge in [0, 0.05) is 24.7 Å². The fourth-order valence-corrected chi connectivity index (χ4v) is 10.4. The highest BCUT2D eigenvalue weighted by molar-refractivity contribution is 8.76. The van der Waals surface area contributed by atoms with Gasteiger partial charge in [0.2, 0.25) is 0 Å². The number of hydrogen-bond acceptors (Lipinski definition) is 10. The zero-order valence-corrected chi connectivity index (χ0v) is 28.0. The summed E-state index contributed by atoms with van der Waals surface area (Å²) in [4.78, 5) is 8.44. The van der Waals surface area contributed by atoms with Crippen molar-refractivity contribution in [2.45, 2.75) is 64.3 Å². The smallest absolute Gasteiger partial charge is 0.324 e. The predicted octanol–water partition coefficient (Wildman–Crippen LogP) is 3.29. The molecule has 0 radical (unpaired) electrons. The Hall–Kier alpha value is 0.814. The molecule has 34 heavy (non-hydrogen) atoms. The summed E-state index contributed by atoms with van der Waals surface area (Å²) < 4.78 is 25.0. The molecule has 0 aliphatic rings. The van der Waals surface area contributed by atoms with Crippen molar-refractivity contribution in [3.05, 3.63) is 0 Å². The molecule has 0 aliphatic heterocycles. The van der Waals surface area contributed by atoms with Gasteiger partial charge in [-0.15, -0.1) is 0 Å². The van der Waals surface area contributed by atoms with E-state index in [9.17, 15) is 0 Å². The van der Waals surface area contributed by atoms with Crippen molar-refractivity contribution in [2.75, 3.05) is 81.1 Å². The van der Waals surface area contributed by atoms with Crippen LogP contribution in [0.1, 0.15) is 40.5 Å². The van der Waals surface area contributed by atoms with E-state index in [1.807, 2.05) is 21.6 Å². The number of nitrogens with zero attached hydrogens (tertiary/aromatic N) is 4. The first-order valence-corrected chi connectivity index (χ1v) is 18.4. The van der Waals surface area contributed by atoms with E-state index in [2.05, 4.69) is 104 Å². The molecule has 0 amide bonds. The maximum absolute atomic E-state index is 6.49. The van der Waals surface area contributed by atoms with Crippen molar-refractivity contribution in [3.63, 3.8) is 0 Å². The summed E-state index contributed by atoms with van der Waals surface area (Å²) >= 11 is 0. The molecule has 8 nitrogen and oxygen atoms in total. The normalized spacial score (nSPS) is 15.2. The third-order valence-electron chi connectivity index (χ3n) is 6.15. The van der Waals surface area contributed by atoms with Gasteiger partial charge in [0.05, 0.1) is 0 Å². The van der Waals surface area contributed by atoms with Crippen LogP contribution < -0.4 is 0 Å². The van der Waals surface area contributed by atoms with Gasteiger partial charge in [-0.25, -0.2) is 0 Å². The molecule has 0 saturated heterocycles. The molecule has 0 aromatic carbocycles. The first-order chi connectivity index (χ1) is 15.8. The monoisotopic (exact) mass is 558 g/mol. The standard InChI is InChI=1S/C22H54N4O4S2Si2/c1-13-27-33(29-21(3,23(5)6)24(7)8)19-15-17-31-32-18-16-20-34(28-14-2)30-22(4,25(9)10)26(11)12/h33-34H,13-20H2,1-12H3. The average Bonchev–Trinajstić information content (AvgIpc) is 2.74. The van der Waals surface area contributed by atoms with Gasteiger partial charge in [-0.1, -0.05) is 21.6 Å². The van der Waals surface area contributed by atoms with Gasteiger partial charge in [0.1, 0.15) is 0 Å². The summed E-state index contributed by atoms with van der Waals surface area (Å²) in [6, 6.07) is 2.05. The van der Waals surface area contributed by atoms with E-state index < -0.39 is 30.3 Å². The van der Waals surface area contributed by atoms with Crippen LogP contribution in [0, 0.1) is 0 Å². The molecule has 0 heterocycles. The second-order valence-electron chi connectivity index (χ2n) is 9.38. The molecule has 206 valence electrons. The number of rotatable bonds is 21. The summed E-state index contributed by atoms with van der Waals surface area (Å²) in [7, 11) is 16.8. The predicted molar refractivity (Wildman–Crippen MR) is 155 cm³/mol. The Bertz CT molecular complexity index is 463.